The lowest BCUT2D eigenvalue weighted by molar-refractivity contribution is 0.0434. The van der Waals surface area contributed by atoms with E-state index < -0.39 is 21.6 Å². The molecule has 2 N–H and O–H groups in total. The molecule has 0 bridgehead atoms. The summed E-state index contributed by atoms with van der Waals surface area (Å²) < 4.78 is 57.8. The topological polar surface area (TPSA) is 112 Å². The van der Waals surface area contributed by atoms with Gasteiger partial charge in [-0.3, -0.25) is 9.35 Å². The molecule has 0 unspecified atom stereocenters. The number of likely N-dealkylation sites (tertiary alicyclic amines) is 1. The van der Waals surface area contributed by atoms with Crippen LogP contribution in [0, 0.1) is 19.7 Å². The zero-order chi connectivity index (χ0) is 27.9. The summed E-state index contributed by atoms with van der Waals surface area (Å²) in [7, 11) is -4.02. The molecule has 0 spiro atoms. The van der Waals surface area contributed by atoms with Crippen molar-refractivity contribution in [2.75, 3.05) is 19.6 Å². The Morgan fingerprint density at radius 3 is 2.24 bits per heavy atom. The molecule has 1 amide bonds. The van der Waals surface area contributed by atoms with Crippen LogP contribution in [-0.2, 0) is 16.7 Å². The number of nitrogens with zero attached hydrogens (tertiary/aromatic N) is 3. The lowest BCUT2D eigenvalue weighted by Gasteiger charge is -2.36. The van der Waals surface area contributed by atoms with Crippen molar-refractivity contribution in [1.29, 1.82) is 0 Å². The van der Waals surface area contributed by atoms with E-state index in [4.69, 9.17) is 16.2 Å². The monoisotopic (exact) mass is 566 g/mol. The van der Waals surface area contributed by atoms with Gasteiger partial charge < -0.3 is 10.2 Å². The van der Waals surface area contributed by atoms with Gasteiger partial charge in [0, 0.05) is 50.4 Å². The molecule has 2 heterocycles. The Labute approximate surface area is 225 Å². The van der Waals surface area contributed by atoms with E-state index in [0.29, 0.717) is 31.0 Å². The van der Waals surface area contributed by atoms with E-state index >= 15 is 0 Å². The third-order valence-corrected chi connectivity index (χ3v) is 7.15. The normalized spacial score (nSPS) is 14.9. The molecule has 12 heteroatoms. The number of benzene rings is 2. The predicted octanol–water partition coefficient (Wildman–Crippen LogP) is 4.55. The Balaban J connectivity index is 0.000000304. The second kappa shape index (κ2) is 12.7. The summed E-state index contributed by atoms with van der Waals surface area (Å²) in [5, 5.41) is 2.96. The standard InChI is InChI=1S/C19H21ClF2N4O.C7H8O3S/c1-13-9-24-17(25-10-13)11-23-12-19(22)4-6-26(7-5-19)18(27)14-2-3-16(21)15(20)8-14;1-6-2-4-7(5-3-6)11(8,9)10/h2-3,8-10,23H,4-7,11-12H2,1H3;2-5H,1H3,(H,8,9,10). The Kier molecular flexibility index (Phi) is 9.88. The number of alkyl halides is 1. The lowest BCUT2D eigenvalue weighted by atomic mass is 9.92. The minimum atomic E-state index is -4.02. The molecule has 2 aromatic carbocycles. The molecule has 0 atom stereocenters. The molecule has 0 saturated carbocycles. The average Bonchev–Trinajstić information content (AvgIpc) is 2.87. The largest absolute Gasteiger partial charge is 0.338 e. The maximum Gasteiger partial charge on any atom is 0.294 e. The van der Waals surface area contributed by atoms with Crippen molar-refractivity contribution in [3.63, 3.8) is 0 Å². The molecule has 1 aliphatic rings. The number of amides is 1. The quantitative estimate of drug-likeness (QED) is 0.421. The van der Waals surface area contributed by atoms with Crippen LogP contribution in [0.1, 0.15) is 40.2 Å². The summed E-state index contributed by atoms with van der Waals surface area (Å²) in [5.41, 5.74) is 0.849. The van der Waals surface area contributed by atoms with Gasteiger partial charge in [0.25, 0.3) is 16.0 Å². The van der Waals surface area contributed by atoms with Gasteiger partial charge in [-0.05, 0) is 49.7 Å². The van der Waals surface area contributed by atoms with Crippen molar-refractivity contribution >= 4 is 27.6 Å². The summed E-state index contributed by atoms with van der Waals surface area (Å²) in [6.07, 6.45) is 3.91. The highest BCUT2D eigenvalue weighted by molar-refractivity contribution is 7.85. The molecular formula is C26H29ClF2N4O4S. The van der Waals surface area contributed by atoms with Crippen LogP contribution in [0.15, 0.2) is 59.8 Å². The summed E-state index contributed by atoms with van der Waals surface area (Å²) in [6, 6.07) is 9.85. The molecule has 3 aromatic rings. The number of aromatic nitrogens is 2. The van der Waals surface area contributed by atoms with Gasteiger partial charge in [-0.15, -0.1) is 0 Å². The number of piperidine rings is 1. The minimum Gasteiger partial charge on any atom is -0.338 e. The Morgan fingerprint density at radius 1 is 1.08 bits per heavy atom. The first kappa shape index (κ1) is 29.6. The first-order chi connectivity index (χ1) is 17.9. The predicted molar refractivity (Wildman–Crippen MR) is 140 cm³/mol. The fraction of sp³-hybridized carbons (Fsp3) is 0.346. The highest BCUT2D eigenvalue weighted by atomic mass is 35.5. The van der Waals surface area contributed by atoms with Crippen LogP contribution in [0.4, 0.5) is 8.78 Å². The average molecular weight is 567 g/mol. The van der Waals surface area contributed by atoms with Crippen molar-refractivity contribution < 1.29 is 26.5 Å². The van der Waals surface area contributed by atoms with Gasteiger partial charge in [0.15, 0.2) is 0 Å². The number of rotatable bonds is 6. The maximum absolute atomic E-state index is 15.0. The number of nitrogens with one attached hydrogen (secondary N) is 1. The number of aryl methyl sites for hydroxylation is 2. The van der Waals surface area contributed by atoms with Crippen LogP contribution < -0.4 is 5.32 Å². The van der Waals surface area contributed by atoms with E-state index in [0.717, 1.165) is 17.2 Å². The van der Waals surface area contributed by atoms with E-state index in [-0.39, 0.29) is 35.2 Å². The first-order valence-corrected chi connectivity index (χ1v) is 13.6. The number of carbonyl (C=O) groups is 1. The molecule has 38 heavy (non-hydrogen) atoms. The van der Waals surface area contributed by atoms with E-state index in [2.05, 4.69) is 15.3 Å². The molecule has 1 aromatic heterocycles. The van der Waals surface area contributed by atoms with E-state index in [1.54, 1.807) is 29.4 Å². The van der Waals surface area contributed by atoms with Crippen LogP contribution in [0.3, 0.4) is 0 Å². The molecule has 0 aliphatic carbocycles. The maximum atomic E-state index is 15.0. The molecule has 204 valence electrons. The number of hydrogen-bond donors (Lipinski definition) is 2. The molecule has 8 nitrogen and oxygen atoms in total. The third kappa shape index (κ3) is 8.52. The van der Waals surface area contributed by atoms with Gasteiger partial charge >= 0.3 is 0 Å². The van der Waals surface area contributed by atoms with Crippen LogP contribution >= 0.6 is 11.6 Å². The molecule has 0 radical (unpaired) electrons. The van der Waals surface area contributed by atoms with E-state index in [9.17, 15) is 22.0 Å². The fourth-order valence-electron chi connectivity index (χ4n) is 3.72. The summed E-state index contributed by atoms with van der Waals surface area (Å²) in [5.74, 6) is -0.219. The van der Waals surface area contributed by atoms with Crippen LogP contribution in [0.2, 0.25) is 5.02 Å². The van der Waals surface area contributed by atoms with Crippen molar-refractivity contribution in [3.8, 4) is 0 Å². The zero-order valence-electron chi connectivity index (χ0n) is 21.0. The van der Waals surface area contributed by atoms with Crippen molar-refractivity contribution in [2.24, 2.45) is 0 Å². The van der Waals surface area contributed by atoms with E-state index in [1.807, 2.05) is 13.8 Å². The van der Waals surface area contributed by atoms with Crippen LogP contribution in [-0.4, -0.2) is 59.0 Å². The summed E-state index contributed by atoms with van der Waals surface area (Å²) >= 11 is 5.73. The molecule has 1 aliphatic heterocycles. The van der Waals surface area contributed by atoms with Crippen LogP contribution in [0.25, 0.3) is 0 Å². The third-order valence-electron chi connectivity index (χ3n) is 5.99. The molecular weight excluding hydrogens is 538 g/mol. The minimum absolute atomic E-state index is 0.0666. The highest BCUT2D eigenvalue weighted by Crippen LogP contribution is 2.27. The van der Waals surface area contributed by atoms with Gasteiger partial charge in [0.05, 0.1) is 16.5 Å². The van der Waals surface area contributed by atoms with Crippen LogP contribution in [0.5, 0.6) is 0 Å². The van der Waals surface area contributed by atoms with Gasteiger partial charge in [0.1, 0.15) is 17.3 Å². The Morgan fingerprint density at radius 2 is 1.68 bits per heavy atom. The summed E-state index contributed by atoms with van der Waals surface area (Å²) in [6.45, 7) is 4.91. The van der Waals surface area contributed by atoms with Crippen molar-refractivity contribution in [3.05, 3.63) is 88.2 Å². The smallest absolute Gasteiger partial charge is 0.294 e. The second-order valence-corrected chi connectivity index (χ2v) is 11.0. The fourth-order valence-corrected chi connectivity index (χ4v) is 4.38. The van der Waals surface area contributed by atoms with Crippen molar-refractivity contribution in [2.45, 2.75) is 43.8 Å². The number of carbonyl (C=O) groups excluding carboxylic acids is 1. The first-order valence-electron chi connectivity index (χ1n) is 11.8. The van der Waals surface area contributed by atoms with Gasteiger partial charge in [0.2, 0.25) is 0 Å². The number of halogens is 3. The van der Waals surface area contributed by atoms with Gasteiger partial charge in [-0.1, -0.05) is 29.3 Å². The van der Waals surface area contributed by atoms with Gasteiger partial charge in [-0.2, -0.15) is 8.42 Å². The lowest BCUT2D eigenvalue weighted by Crippen LogP contribution is -2.48. The second-order valence-electron chi connectivity index (χ2n) is 9.14. The SMILES string of the molecule is Cc1ccc(S(=O)(=O)O)cc1.Cc1cnc(CNCC2(F)CCN(C(=O)c3ccc(F)c(Cl)c3)CC2)nc1. The molecule has 4 rings (SSSR count). The Hall–Kier alpha value is -2.99. The summed E-state index contributed by atoms with van der Waals surface area (Å²) in [4.78, 5) is 22.4. The number of hydrogen-bond acceptors (Lipinski definition) is 6. The van der Waals surface area contributed by atoms with Gasteiger partial charge in [-0.25, -0.2) is 18.7 Å². The van der Waals surface area contributed by atoms with Crippen molar-refractivity contribution in [1.82, 2.24) is 20.2 Å². The Bertz CT molecular complexity index is 1350. The zero-order valence-corrected chi connectivity index (χ0v) is 22.6. The molecule has 1 saturated heterocycles. The molecule has 1 fully saturated rings. The highest BCUT2D eigenvalue weighted by Gasteiger charge is 2.36. The van der Waals surface area contributed by atoms with E-state index in [1.165, 1.54) is 24.3 Å².